The van der Waals surface area contributed by atoms with Crippen molar-refractivity contribution in [1.82, 2.24) is 4.90 Å². The number of hydrogen-bond donors (Lipinski definition) is 1. The van der Waals surface area contributed by atoms with E-state index in [1.165, 1.54) is 0 Å². The van der Waals surface area contributed by atoms with Gasteiger partial charge in [-0.1, -0.05) is 36.4 Å². The fraction of sp³-hybridized carbons (Fsp3) is 0.353. The molecule has 2 unspecified atom stereocenters. The number of benzene rings is 2. The van der Waals surface area contributed by atoms with Crippen LogP contribution in [-0.2, 0) is 4.79 Å². The van der Waals surface area contributed by atoms with Crippen molar-refractivity contribution in [3.05, 3.63) is 42.0 Å². The summed E-state index contributed by atoms with van der Waals surface area (Å²) < 4.78 is 6.01. The summed E-state index contributed by atoms with van der Waals surface area (Å²) >= 11 is 0. The number of carbonyl (C=O) groups excluding carboxylic acids is 1. The number of aliphatic hydroxyl groups is 1. The molecule has 3 rings (SSSR count). The molecule has 1 N–H and O–H groups in total. The number of ether oxygens (including phenoxy) is 1. The summed E-state index contributed by atoms with van der Waals surface area (Å²) in [6.07, 6.45) is -0.421. The molecule has 0 saturated carbocycles. The van der Waals surface area contributed by atoms with Crippen LogP contribution in [0.4, 0.5) is 0 Å². The molecule has 1 amide bonds. The molecular formula is C17H19NO3. The number of likely N-dealkylation sites (N-methyl/N-ethyl adjacent to an activating group) is 1. The van der Waals surface area contributed by atoms with Crippen molar-refractivity contribution < 1.29 is 14.6 Å². The van der Waals surface area contributed by atoms with Crippen LogP contribution in [0.15, 0.2) is 36.4 Å². The quantitative estimate of drug-likeness (QED) is 0.942. The molecule has 21 heavy (non-hydrogen) atoms. The number of nitrogens with zero attached hydrogens (tertiary/aromatic N) is 1. The van der Waals surface area contributed by atoms with E-state index in [2.05, 4.69) is 0 Å². The average Bonchev–Trinajstić information content (AvgIpc) is 2.79. The Labute approximate surface area is 123 Å². The molecule has 4 nitrogen and oxygen atoms in total. The van der Waals surface area contributed by atoms with Crippen molar-refractivity contribution in [3.63, 3.8) is 0 Å². The average molecular weight is 285 g/mol. The molecule has 1 saturated heterocycles. The zero-order valence-corrected chi connectivity index (χ0v) is 12.2. The highest BCUT2D eigenvalue weighted by Crippen LogP contribution is 2.35. The third-order valence-corrected chi connectivity index (χ3v) is 4.00. The number of hydrogen-bond acceptors (Lipinski definition) is 3. The standard InChI is InChI=1S/C17H19NO3/c1-11(19)13-8-7-12-5-3-4-6-14(12)16(13)21-15-9-10-18(2)17(15)20/h3-8,11,15,19H,9-10H2,1-2H3. The molecule has 110 valence electrons. The van der Waals surface area contributed by atoms with Gasteiger partial charge in [0.05, 0.1) is 6.10 Å². The summed E-state index contributed by atoms with van der Waals surface area (Å²) in [6, 6.07) is 11.7. The normalized spacial score (nSPS) is 20.0. The van der Waals surface area contributed by atoms with Crippen LogP contribution in [0.1, 0.15) is 25.0 Å². The first-order chi connectivity index (χ1) is 10.1. The van der Waals surface area contributed by atoms with Gasteiger partial charge in [0.1, 0.15) is 5.75 Å². The fourth-order valence-electron chi connectivity index (χ4n) is 2.76. The zero-order valence-electron chi connectivity index (χ0n) is 12.2. The molecule has 0 aromatic heterocycles. The fourth-order valence-corrected chi connectivity index (χ4v) is 2.76. The second-order valence-electron chi connectivity index (χ2n) is 5.54. The van der Waals surface area contributed by atoms with Gasteiger partial charge in [-0.05, 0) is 12.3 Å². The maximum atomic E-state index is 12.1. The largest absolute Gasteiger partial charge is 0.479 e. The Hall–Kier alpha value is -2.07. The second-order valence-corrected chi connectivity index (χ2v) is 5.54. The maximum Gasteiger partial charge on any atom is 0.263 e. The molecule has 4 heteroatoms. The molecule has 1 fully saturated rings. The summed E-state index contributed by atoms with van der Waals surface area (Å²) in [5.41, 5.74) is 0.719. The molecule has 1 aliphatic rings. The van der Waals surface area contributed by atoms with Crippen LogP contribution in [0.2, 0.25) is 0 Å². The Bertz CT molecular complexity index is 681. The molecular weight excluding hydrogens is 266 g/mol. The minimum atomic E-state index is -0.640. The second kappa shape index (κ2) is 5.37. The van der Waals surface area contributed by atoms with E-state index in [-0.39, 0.29) is 5.91 Å². The Balaban J connectivity index is 2.06. The van der Waals surface area contributed by atoms with Crippen LogP contribution in [0.3, 0.4) is 0 Å². The van der Waals surface area contributed by atoms with Crippen LogP contribution in [0.5, 0.6) is 5.75 Å². The SMILES string of the molecule is CC(O)c1ccc2ccccc2c1OC1CCN(C)C1=O. The van der Waals surface area contributed by atoms with Crippen molar-refractivity contribution in [3.8, 4) is 5.75 Å². The van der Waals surface area contributed by atoms with Crippen molar-refractivity contribution in [1.29, 1.82) is 0 Å². The number of carbonyl (C=O) groups is 1. The molecule has 0 radical (unpaired) electrons. The van der Waals surface area contributed by atoms with Gasteiger partial charge in [0, 0.05) is 31.0 Å². The van der Waals surface area contributed by atoms with Crippen LogP contribution in [0.25, 0.3) is 10.8 Å². The van der Waals surface area contributed by atoms with E-state index < -0.39 is 12.2 Å². The highest BCUT2D eigenvalue weighted by molar-refractivity contribution is 5.90. The smallest absolute Gasteiger partial charge is 0.263 e. The van der Waals surface area contributed by atoms with Crippen molar-refractivity contribution >= 4 is 16.7 Å². The molecule has 0 aliphatic carbocycles. The van der Waals surface area contributed by atoms with Gasteiger partial charge in [-0.25, -0.2) is 0 Å². The van der Waals surface area contributed by atoms with E-state index in [0.29, 0.717) is 18.7 Å². The Kier molecular flexibility index (Phi) is 3.55. The molecule has 0 bridgehead atoms. The van der Waals surface area contributed by atoms with Gasteiger partial charge in [0.25, 0.3) is 5.91 Å². The minimum Gasteiger partial charge on any atom is -0.479 e. The Morgan fingerprint density at radius 2 is 2.05 bits per heavy atom. The lowest BCUT2D eigenvalue weighted by molar-refractivity contribution is -0.132. The van der Waals surface area contributed by atoms with Gasteiger partial charge in [-0.3, -0.25) is 4.79 Å². The van der Waals surface area contributed by atoms with Gasteiger partial charge in [0.15, 0.2) is 6.10 Å². The predicted octanol–water partition coefficient (Wildman–Crippen LogP) is 2.50. The Morgan fingerprint density at radius 3 is 2.71 bits per heavy atom. The number of rotatable bonds is 3. The van der Waals surface area contributed by atoms with E-state index >= 15 is 0 Å². The van der Waals surface area contributed by atoms with Crippen LogP contribution >= 0.6 is 0 Å². The summed E-state index contributed by atoms with van der Waals surface area (Å²) in [5.74, 6) is 0.622. The third-order valence-electron chi connectivity index (χ3n) is 4.00. The van der Waals surface area contributed by atoms with E-state index in [1.54, 1.807) is 18.9 Å². The summed E-state index contributed by atoms with van der Waals surface area (Å²) in [7, 11) is 1.78. The first-order valence-corrected chi connectivity index (χ1v) is 7.19. The van der Waals surface area contributed by atoms with Crippen molar-refractivity contribution in [2.45, 2.75) is 25.6 Å². The number of amides is 1. The first-order valence-electron chi connectivity index (χ1n) is 7.19. The van der Waals surface area contributed by atoms with Gasteiger partial charge in [0.2, 0.25) is 0 Å². The lowest BCUT2D eigenvalue weighted by Gasteiger charge is -2.19. The van der Waals surface area contributed by atoms with Crippen molar-refractivity contribution in [2.24, 2.45) is 0 Å². The summed E-state index contributed by atoms with van der Waals surface area (Å²) in [6.45, 7) is 2.41. The van der Waals surface area contributed by atoms with E-state index in [1.807, 2.05) is 36.4 Å². The number of fused-ring (bicyclic) bond motifs is 1. The highest BCUT2D eigenvalue weighted by Gasteiger charge is 2.32. The van der Waals surface area contributed by atoms with Crippen LogP contribution < -0.4 is 4.74 Å². The third kappa shape index (κ3) is 2.47. The lowest BCUT2D eigenvalue weighted by Crippen LogP contribution is -2.29. The molecule has 2 aromatic carbocycles. The zero-order chi connectivity index (χ0) is 15.0. The van der Waals surface area contributed by atoms with E-state index in [4.69, 9.17) is 4.74 Å². The van der Waals surface area contributed by atoms with Gasteiger partial charge in [-0.2, -0.15) is 0 Å². The summed E-state index contributed by atoms with van der Waals surface area (Å²) in [4.78, 5) is 13.7. The Morgan fingerprint density at radius 1 is 1.29 bits per heavy atom. The van der Waals surface area contributed by atoms with Gasteiger partial charge < -0.3 is 14.7 Å². The molecule has 2 atom stereocenters. The van der Waals surface area contributed by atoms with E-state index in [0.717, 1.165) is 16.3 Å². The molecule has 2 aromatic rings. The molecule has 1 aliphatic heterocycles. The van der Waals surface area contributed by atoms with Crippen LogP contribution in [0, 0.1) is 0 Å². The maximum absolute atomic E-state index is 12.1. The monoisotopic (exact) mass is 285 g/mol. The molecule has 1 heterocycles. The lowest BCUT2D eigenvalue weighted by atomic mass is 10.0. The summed E-state index contributed by atoms with van der Waals surface area (Å²) in [5, 5.41) is 11.9. The number of aliphatic hydroxyl groups excluding tert-OH is 1. The first kappa shape index (κ1) is 13.9. The number of likely N-dealkylation sites (tertiary alicyclic amines) is 1. The minimum absolute atomic E-state index is 0.000484. The topological polar surface area (TPSA) is 49.8 Å². The highest BCUT2D eigenvalue weighted by atomic mass is 16.5. The molecule has 0 spiro atoms. The van der Waals surface area contributed by atoms with Gasteiger partial charge >= 0.3 is 0 Å². The van der Waals surface area contributed by atoms with Gasteiger partial charge in [-0.15, -0.1) is 0 Å². The predicted molar refractivity (Wildman–Crippen MR) is 81.3 cm³/mol. The van der Waals surface area contributed by atoms with Crippen LogP contribution in [-0.4, -0.2) is 35.6 Å². The van der Waals surface area contributed by atoms with Crippen molar-refractivity contribution in [2.75, 3.05) is 13.6 Å². The van der Waals surface area contributed by atoms with E-state index in [9.17, 15) is 9.90 Å².